The van der Waals surface area contributed by atoms with Crippen LogP contribution in [0.15, 0.2) is 24.3 Å². The Morgan fingerprint density at radius 1 is 1.56 bits per heavy atom. The average molecular weight is 218 g/mol. The zero-order valence-electron chi connectivity index (χ0n) is 9.03. The van der Waals surface area contributed by atoms with Gasteiger partial charge < -0.3 is 15.8 Å². The van der Waals surface area contributed by atoms with E-state index in [0.717, 1.165) is 22.2 Å². The summed E-state index contributed by atoms with van der Waals surface area (Å²) in [5, 5.41) is 9.82. The van der Waals surface area contributed by atoms with Gasteiger partial charge in [0.1, 0.15) is 6.04 Å². The molecule has 4 nitrogen and oxygen atoms in total. The van der Waals surface area contributed by atoms with Crippen molar-refractivity contribution in [2.75, 3.05) is 0 Å². The lowest BCUT2D eigenvalue weighted by molar-refractivity contribution is -0.138. The Balaban J connectivity index is 2.33. The first kappa shape index (κ1) is 10.7. The van der Waals surface area contributed by atoms with Crippen LogP contribution in [0.1, 0.15) is 11.3 Å². The van der Waals surface area contributed by atoms with Crippen molar-refractivity contribution >= 4 is 16.9 Å². The number of carbonyl (C=O) groups is 1. The summed E-state index contributed by atoms with van der Waals surface area (Å²) in [6.07, 6.45) is 0.323. The number of aromatic amines is 1. The molecule has 0 aliphatic rings. The molecule has 0 spiro atoms. The number of rotatable bonds is 3. The summed E-state index contributed by atoms with van der Waals surface area (Å²) >= 11 is 0. The van der Waals surface area contributed by atoms with Crippen molar-refractivity contribution in [3.8, 4) is 0 Å². The number of nitrogens with two attached hydrogens (primary N) is 1. The Bertz CT molecular complexity index is 531. The number of aryl methyl sites for hydroxylation is 1. The number of para-hydroxylation sites is 1. The van der Waals surface area contributed by atoms with Gasteiger partial charge in [-0.25, -0.2) is 0 Å². The van der Waals surface area contributed by atoms with Crippen molar-refractivity contribution in [1.82, 2.24) is 4.98 Å². The van der Waals surface area contributed by atoms with Crippen molar-refractivity contribution < 1.29 is 9.90 Å². The van der Waals surface area contributed by atoms with Crippen molar-refractivity contribution in [2.24, 2.45) is 5.73 Å². The molecule has 0 fully saturated rings. The zero-order valence-corrected chi connectivity index (χ0v) is 9.03. The first-order chi connectivity index (χ1) is 7.58. The maximum Gasteiger partial charge on any atom is 0.320 e. The van der Waals surface area contributed by atoms with E-state index in [4.69, 9.17) is 10.8 Å². The van der Waals surface area contributed by atoms with E-state index in [9.17, 15) is 4.79 Å². The molecule has 1 unspecified atom stereocenters. The van der Waals surface area contributed by atoms with E-state index >= 15 is 0 Å². The van der Waals surface area contributed by atoms with Gasteiger partial charge >= 0.3 is 5.97 Å². The summed E-state index contributed by atoms with van der Waals surface area (Å²) in [5.41, 5.74) is 8.55. The average Bonchev–Trinajstić information content (AvgIpc) is 2.61. The van der Waals surface area contributed by atoms with Crippen LogP contribution in [0.5, 0.6) is 0 Å². The number of hydrogen-bond acceptors (Lipinski definition) is 2. The van der Waals surface area contributed by atoms with E-state index in [1.807, 2.05) is 31.2 Å². The number of carboxylic acids is 1. The van der Waals surface area contributed by atoms with E-state index in [0.29, 0.717) is 6.42 Å². The largest absolute Gasteiger partial charge is 0.480 e. The van der Waals surface area contributed by atoms with Gasteiger partial charge in [0.05, 0.1) is 0 Å². The summed E-state index contributed by atoms with van der Waals surface area (Å²) in [4.78, 5) is 13.9. The van der Waals surface area contributed by atoms with Crippen LogP contribution >= 0.6 is 0 Å². The van der Waals surface area contributed by atoms with Gasteiger partial charge in [-0.3, -0.25) is 4.79 Å². The van der Waals surface area contributed by atoms with Crippen molar-refractivity contribution in [3.63, 3.8) is 0 Å². The summed E-state index contributed by atoms with van der Waals surface area (Å²) in [6, 6.07) is 7.08. The second-order valence-electron chi connectivity index (χ2n) is 3.98. The van der Waals surface area contributed by atoms with Gasteiger partial charge in [-0.1, -0.05) is 18.2 Å². The Labute approximate surface area is 93.1 Å². The number of nitrogens with one attached hydrogen (secondary N) is 1. The minimum absolute atomic E-state index is 0.323. The van der Waals surface area contributed by atoms with E-state index in [1.165, 1.54) is 0 Å². The van der Waals surface area contributed by atoms with Gasteiger partial charge in [-0.05, 0) is 23.9 Å². The van der Waals surface area contributed by atoms with E-state index in [1.54, 1.807) is 0 Å². The fourth-order valence-corrected chi connectivity index (χ4v) is 1.80. The second-order valence-corrected chi connectivity index (χ2v) is 3.98. The summed E-state index contributed by atoms with van der Waals surface area (Å²) in [6.45, 7) is 2.01. The molecule has 0 saturated heterocycles. The third kappa shape index (κ3) is 1.92. The number of carboxylic acid groups (broad SMARTS) is 1. The number of H-pyrrole nitrogens is 1. The predicted octanol–water partition coefficient (Wildman–Crippen LogP) is 1.43. The van der Waals surface area contributed by atoms with Gasteiger partial charge in [-0.15, -0.1) is 0 Å². The minimum atomic E-state index is -0.977. The van der Waals surface area contributed by atoms with Crippen LogP contribution in [0, 0.1) is 6.92 Å². The topological polar surface area (TPSA) is 79.1 Å². The first-order valence-corrected chi connectivity index (χ1v) is 5.13. The van der Waals surface area contributed by atoms with Crippen molar-refractivity contribution in [2.45, 2.75) is 19.4 Å². The fourth-order valence-electron chi connectivity index (χ4n) is 1.80. The molecular formula is C12H14N2O2. The Morgan fingerprint density at radius 2 is 2.31 bits per heavy atom. The summed E-state index contributed by atoms with van der Waals surface area (Å²) in [5.74, 6) is -0.977. The predicted molar refractivity (Wildman–Crippen MR) is 62.4 cm³/mol. The smallest absolute Gasteiger partial charge is 0.320 e. The standard InChI is InChI=1S/C12H14N2O2/c1-7-3-2-4-8-5-9(14-11(7)8)6-10(13)12(15)16/h2-5,10,14H,6,13H2,1H3,(H,15,16). The van der Waals surface area contributed by atoms with Gasteiger partial charge in [0.15, 0.2) is 0 Å². The molecule has 0 aliphatic heterocycles. The van der Waals surface area contributed by atoms with Crippen LogP contribution in [-0.4, -0.2) is 22.1 Å². The van der Waals surface area contributed by atoms with E-state index < -0.39 is 12.0 Å². The van der Waals surface area contributed by atoms with Crippen LogP contribution < -0.4 is 5.73 Å². The van der Waals surface area contributed by atoms with E-state index in [-0.39, 0.29) is 0 Å². The third-order valence-corrected chi connectivity index (χ3v) is 2.68. The Morgan fingerprint density at radius 3 is 2.94 bits per heavy atom. The number of aromatic nitrogens is 1. The van der Waals surface area contributed by atoms with Gasteiger partial charge in [0, 0.05) is 17.6 Å². The number of fused-ring (bicyclic) bond motifs is 1. The van der Waals surface area contributed by atoms with Gasteiger partial charge in [0.25, 0.3) is 0 Å². The monoisotopic (exact) mass is 218 g/mol. The molecule has 4 heteroatoms. The van der Waals surface area contributed by atoms with Crippen LogP contribution in [0.4, 0.5) is 0 Å². The molecule has 1 aromatic heterocycles. The summed E-state index contributed by atoms with van der Waals surface area (Å²) < 4.78 is 0. The lowest BCUT2D eigenvalue weighted by atomic mass is 10.1. The van der Waals surface area contributed by atoms with Crippen molar-refractivity contribution in [1.29, 1.82) is 0 Å². The Hall–Kier alpha value is -1.81. The second kappa shape index (κ2) is 3.98. The maximum atomic E-state index is 10.6. The molecular weight excluding hydrogens is 204 g/mol. The van der Waals surface area contributed by atoms with Gasteiger partial charge in [0.2, 0.25) is 0 Å². The highest BCUT2D eigenvalue weighted by atomic mass is 16.4. The molecule has 0 amide bonds. The number of benzene rings is 1. The van der Waals surface area contributed by atoms with Crippen LogP contribution in [0.3, 0.4) is 0 Å². The molecule has 2 rings (SSSR count). The van der Waals surface area contributed by atoms with E-state index in [2.05, 4.69) is 4.98 Å². The van der Waals surface area contributed by atoms with Gasteiger partial charge in [-0.2, -0.15) is 0 Å². The molecule has 1 aromatic carbocycles. The highest BCUT2D eigenvalue weighted by Gasteiger charge is 2.13. The first-order valence-electron chi connectivity index (χ1n) is 5.13. The SMILES string of the molecule is Cc1cccc2cc(CC(N)C(=O)O)[nH]c12. The summed E-state index contributed by atoms with van der Waals surface area (Å²) in [7, 11) is 0. The van der Waals surface area contributed by atoms with Crippen LogP contribution in [0.2, 0.25) is 0 Å². The molecule has 4 N–H and O–H groups in total. The molecule has 0 bridgehead atoms. The van der Waals surface area contributed by atoms with Crippen molar-refractivity contribution in [3.05, 3.63) is 35.5 Å². The molecule has 16 heavy (non-hydrogen) atoms. The molecule has 0 aliphatic carbocycles. The minimum Gasteiger partial charge on any atom is -0.480 e. The maximum absolute atomic E-state index is 10.6. The van der Waals surface area contributed by atoms with Crippen LogP contribution in [-0.2, 0) is 11.2 Å². The highest BCUT2D eigenvalue weighted by molar-refractivity contribution is 5.83. The fraction of sp³-hybridized carbons (Fsp3) is 0.250. The molecule has 1 heterocycles. The lowest BCUT2D eigenvalue weighted by Crippen LogP contribution is -2.32. The third-order valence-electron chi connectivity index (χ3n) is 2.68. The Kier molecular flexibility index (Phi) is 2.66. The molecule has 2 aromatic rings. The molecule has 0 saturated carbocycles. The van der Waals surface area contributed by atoms with Crippen LogP contribution in [0.25, 0.3) is 10.9 Å². The highest BCUT2D eigenvalue weighted by Crippen LogP contribution is 2.19. The zero-order chi connectivity index (χ0) is 11.7. The normalized spacial score (nSPS) is 12.9. The number of aliphatic carboxylic acids is 1. The number of hydrogen-bond donors (Lipinski definition) is 3. The molecule has 0 radical (unpaired) electrons. The lowest BCUT2D eigenvalue weighted by Gasteiger charge is -2.03. The molecule has 84 valence electrons. The quantitative estimate of drug-likeness (QED) is 0.729. The molecule has 1 atom stereocenters.